The highest BCUT2D eigenvalue weighted by Crippen LogP contribution is 2.45. The molecule has 8 nitrogen and oxygen atoms in total. The van der Waals surface area contributed by atoms with E-state index in [1.807, 2.05) is 89.2 Å². The van der Waals surface area contributed by atoms with Crippen molar-refractivity contribution in [1.29, 1.82) is 0 Å². The van der Waals surface area contributed by atoms with Crippen molar-refractivity contribution in [2.45, 2.75) is 77.4 Å². The lowest BCUT2D eigenvalue weighted by Crippen LogP contribution is -2.66. The first-order valence-corrected chi connectivity index (χ1v) is 13.0. The van der Waals surface area contributed by atoms with Crippen LogP contribution in [0, 0.1) is 0 Å². The molecule has 0 saturated heterocycles. The topological polar surface area (TPSA) is 77.8 Å². The highest BCUT2D eigenvalue weighted by atomic mass is 16.7. The Balaban J connectivity index is 1.70. The van der Waals surface area contributed by atoms with Gasteiger partial charge >= 0.3 is 6.09 Å². The molecule has 0 bridgehead atoms. The van der Waals surface area contributed by atoms with Crippen LogP contribution in [0.3, 0.4) is 0 Å². The average molecular weight is 509 g/mol. The molecule has 0 saturated carbocycles. The van der Waals surface area contributed by atoms with Gasteiger partial charge in [0.1, 0.15) is 18.3 Å². The molecule has 1 aromatic carbocycles. The summed E-state index contributed by atoms with van der Waals surface area (Å²) in [6.07, 6.45) is 9.74. The number of carboxylic acid groups (broad SMARTS) is 1. The predicted octanol–water partition coefficient (Wildman–Crippen LogP) is 5.21. The maximum atomic E-state index is 12.4. The molecule has 2 unspecified atom stereocenters. The van der Waals surface area contributed by atoms with Crippen molar-refractivity contribution in [2.24, 2.45) is 4.99 Å². The van der Waals surface area contributed by atoms with Crippen molar-refractivity contribution >= 4 is 11.8 Å². The van der Waals surface area contributed by atoms with Gasteiger partial charge in [-0.3, -0.25) is 19.6 Å². The fourth-order valence-electron chi connectivity index (χ4n) is 5.91. The van der Waals surface area contributed by atoms with Gasteiger partial charge in [-0.15, -0.1) is 0 Å². The van der Waals surface area contributed by atoms with E-state index < -0.39 is 22.7 Å². The maximum absolute atomic E-state index is 12.4. The molecule has 1 amide bonds. The molecule has 2 aliphatic heterocycles. The molecule has 1 aromatic rings. The third kappa shape index (κ3) is 5.23. The van der Waals surface area contributed by atoms with Crippen LogP contribution in [0.25, 0.3) is 0 Å². The highest BCUT2D eigenvalue weighted by molar-refractivity contribution is 6.08. The van der Waals surface area contributed by atoms with Crippen LogP contribution in [0.15, 0.2) is 71.5 Å². The van der Waals surface area contributed by atoms with Crippen LogP contribution in [0.2, 0.25) is 0 Å². The molecule has 3 aliphatic rings. The van der Waals surface area contributed by atoms with Gasteiger partial charge in [0.05, 0.1) is 23.6 Å². The van der Waals surface area contributed by atoms with Gasteiger partial charge in [0.2, 0.25) is 0 Å². The van der Waals surface area contributed by atoms with E-state index in [1.54, 1.807) is 4.90 Å². The zero-order valence-electron chi connectivity index (χ0n) is 22.8. The van der Waals surface area contributed by atoms with E-state index in [-0.39, 0.29) is 6.17 Å². The Morgan fingerprint density at radius 1 is 1.22 bits per heavy atom. The summed E-state index contributed by atoms with van der Waals surface area (Å²) in [6, 6.07) is 10.1. The van der Waals surface area contributed by atoms with Gasteiger partial charge in [0.15, 0.2) is 0 Å². The number of hydrogen-bond acceptors (Lipinski definition) is 6. The monoisotopic (exact) mass is 508 g/mol. The molecule has 4 rings (SSSR count). The normalized spacial score (nSPS) is 23.4. The van der Waals surface area contributed by atoms with Crippen molar-refractivity contribution in [3.05, 3.63) is 72.1 Å². The summed E-state index contributed by atoms with van der Waals surface area (Å²) in [5, 5.41) is 12.0. The Morgan fingerprint density at radius 3 is 2.59 bits per heavy atom. The zero-order valence-corrected chi connectivity index (χ0v) is 22.8. The van der Waals surface area contributed by atoms with Gasteiger partial charge in [-0.1, -0.05) is 42.5 Å². The van der Waals surface area contributed by atoms with Crippen molar-refractivity contribution in [3.63, 3.8) is 0 Å². The molecule has 1 spiro atoms. The summed E-state index contributed by atoms with van der Waals surface area (Å²) in [6.45, 7) is 13.7. The number of carbonyl (C=O) groups is 1. The average Bonchev–Trinajstić information content (AvgIpc) is 3.11. The second kappa shape index (κ2) is 10.4. The van der Waals surface area contributed by atoms with Gasteiger partial charge in [0.25, 0.3) is 0 Å². The number of nitrogens with zero attached hydrogens (tertiary/aromatic N) is 4. The van der Waals surface area contributed by atoms with Crippen LogP contribution in [0.5, 0.6) is 0 Å². The van der Waals surface area contributed by atoms with Crippen LogP contribution in [-0.4, -0.2) is 74.3 Å². The van der Waals surface area contributed by atoms with Crippen molar-refractivity contribution in [2.75, 3.05) is 19.8 Å². The highest BCUT2D eigenvalue weighted by Gasteiger charge is 2.56. The molecule has 8 heteroatoms. The summed E-state index contributed by atoms with van der Waals surface area (Å²) >= 11 is 0. The first-order chi connectivity index (χ1) is 17.5. The van der Waals surface area contributed by atoms with Crippen molar-refractivity contribution in [1.82, 2.24) is 14.9 Å². The second-order valence-corrected chi connectivity index (χ2v) is 11.3. The van der Waals surface area contributed by atoms with Gasteiger partial charge in [-0.2, -0.15) is 0 Å². The minimum Gasteiger partial charge on any atom is -0.465 e. The van der Waals surface area contributed by atoms with Gasteiger partial charge in [0, 0.05) is 24.9 Å². The smallest absolute Gasteiger partial charge is 0.408 e. The summed E-state index contributed by atoms with van der Waals surface area (Å²) in [7, 11) is 0. The molecular weight excluding hydrogens is 468 g/mol. The predicted molar refractivity (Wildman–Crippen MR) is 145 cm³/mol. The third-order valence-corrected chi connectivity index (χ3v) is 7.09. The Hall–Kier alpha value is -2.94. The Bertz CT molecular complexity index is 1100. The van der Waals surface area contributed by atoms with E-state index in [1.165, 1.54) is 0 Å². The summed E-state index contributed by atoms with van der Waals surface area (Å²) < 4.78 is 5.87. The fraction of sp³-hybridized carbons (Fsp3) is 0.517. The number of amides is 1. The van der Waals surface area contributed by atoms with E-state index in [2.05, 4.69) is 23.1 Å². The lowest BCUT2D eigenvalue weighted by Gasteiger charge is -2.52. The molecule has 2 atom stereocenters. The van der Waals surface area contributed by atoms with E-state index in [9.17, 15) is 9.90 Å². The van der Waals surface area contributed by atoms with Crippen LogP contribution < -0.4 is 0 Å². The number of ether oxygens (including phenoxy) is 1. The fourth-order valence-corrected chi connectivity index (χ4v) is 5.91. The Kier molecular flexibility index (Phi) is 7.65. The van der Waals surface area contributed by atoms with Crippen LogP contribution in [0.1, 0.15) is 53.5 Å². The molecule has 0 fully saturated rings. The molecule has 200 valence electrons. The molecule has 0 aromatic heterocycles. The maximum Gasteiger partial charge on any atom is 0.408 e. The SMILES string of the molecule is CCOCC1N=C2C=CC=C3N(OCc4ccccc4)C=CCC32N1CC(C)(C)N(C(=O)O)C(C)(C)C. The van der Waals surface area contributed by atoms with Gasteiger partial charge in [-0.25, -0.2) is 9.86 Å². The Morgan fingerprint density at radius 2 is 1.95 bits per heavy atom. The summed E-state index contributed by atoms with van der Waals surface area (Å²) in [4.78, 5) is 27.7. The van der Waals surface area contributed by atoms with E-state index in [4.69, 9.17) is 14.6 Å². The number of hydrogen-bond donors (Lipinski definition) is 1. The minimum atomic E-state index is -0.938. The van der Waals surface area contributed by atoms with Crippen LogP contribution in [0.4, 0.5) is 4.79 Å². The number of aliphatic imine (C=N–C) groups is 1. The van der Waals surface area contributed by atoms with Crippen LogP contribution >= 0.6 is 0 Å². The standard InChI is InChI=1S/C29H40N4O4/c1-7-36-20-25-30-23-15-11-16-24-29(23,17-12-18-32(24)37-19-22-13-9-8-10-14-22)31(25)21-28(5,6)33(26(34)35)27(2,3)4/h8-16,18,25H,7,17,19-21H2,1-6H3,(H,34,35). The number of hydroxylamine groups is 2. The summed E-state index contributed by atoms with van der Waals surface area (Å²) in [5.41, 5.74) is 1.13. The first-order valence-electron chi connectivity index (χ1n) is 13.0. The minimum absolute atomic E-state index is 0.251. The summed E-state index contributed by atoms with van der Waals surface area (Å²) in [5.74, 6) is 0. The van der Waals surface area contributed by atoms with Gasteiger partial charge in [-0.05, 0) is 65.7 Å². The Labute approximate surface area is 220 Å². The molecule has 2 heterocycles. The number of rotatable bonds is 9. The van der Waals surface area contributed by atoms with Crippen molar-refractivity contribution < 1.29 is 19.5 Å². The van der Waals surface area contributed by atoms with E-state index >= 15 is 0 Å². The molecule has 0 radical (unpaired) electrons. The molecule has 1 aliphatic carbocycles. The zero-order chi connectivity index (χ0) is 26.8. The van der Waals surface area contributed by atoms with Crippen LogP contribution in [-0.2, 0) is 16.2 Å². The third-order valence-electron chi connectivity index (χ3n) is 7.09. The lowest BCUT2D eigenvalue weighted by atomic mass is 9.79. The quantitative estimate of drug-likeness (QED) is 0.494. The van der Waals surface area contributed by atoms with Crippen molar-refractivity contribution in [3.8, 4) is 0 Å². The lowest BCUT2D eigenvalue weighted by molar-refractivity contribution is -0.125. The number of benzene rings is 1. The second-order valence-electron chi connectivity index (χ2n) is 11.3. The number of allylic oxidation sites excluding steroid dienone is 2. The first kappa shape index (κ1) is 27.1. The molecule has 37 heavy (non-hydrogen) atoms. The molecular formula is C29H40N4O4. The van der Waals surface area contributed by atoms with Gasteiger partial charge < -0.3 is 9.84 Å². The van der Waals surface area contributed by atoms with E-state index in [0.29, 0.717) is 32.8 Å². The largest absolute Gasteiger partial charge is 0.465 e. The molecule has 1 N–H and O–H groups in total. The van der Waals surface area contributed by atoms with E-state index in [0.717, 1.165) is 17.0 Å².